The number of nitrogens with zero attached hydrogens (tertiary/aromatic N) is 2. The molecule has 0 aromatic carbocycles. The van der Waals surface area contributed by atoms with Crippen LogP contribution in [0.3, 0.4) is 0 Å². The highest BCUT2D eigenvalue weighted by molar-refractivity contribution is 7.21. The summed E-state index contributed by atoms with van der Waals surface area (Å²) in [5.74, 6) is 0. The van der Waals surface area contributed by atoms with Crippen LogP contribution in [-0.2, 0) is 0 Å². The number of rotatable bonds is 7. The first-order valence-corrected chi connectivity index (χ1v) is 8.59. The van der Waals surface area contributed by atoms with Gasteiger partial charge in [-0.1, -0.05) is 61.5 Å². The molecule has 1 radical (unpaired) electrons. The molecule has 113 valence electrons. The molecule has 0 saturated heterocycles. The highest BCUT2D eigenvalue weighted by Crippen LogP contribution is 2.18. The molecule has 2 nitrogen and oxygen atoms in total. The van der Waals surface area contributed by atoms with Crippen LogP contribution in [0.15, 0.2) is 12.1 Å². The number of hydrogen-bond donors (Lipinski definition) is 0. The fourth-order valence-corrected chi connectivity index (χ4v) is 3.92. The van der Waals surface area contributed by atoms with E-state index in [9.17, 15) is 0 Å². The molecule has 0 fully saturated rings. The van der Waals surface area contributed by atoms with Gasteiger partial charge in [-0.2, -0.15) is 0 Å². The van der Waals surface area contributed by atoms with Crippen molar-refractivity contribution in [2.45, 2.75) is 79.6 Å². The molecule has 1 aromatic rings. The topological polar surface area (TPSA) is 6.48 Å². The van der Waals surface area contributed by atoms with Crippen LogP contribution in [0.25, 0.3) is 0 Å². The van der Waals surface area contributed by atoms with Crippen molar-refractivity contribution < 1.29 is 0 Å². The second kappa shape index (κ2) is 7.62. The van der Waals surface area contributed by atoms with Crippen molar-refractivity contribution >= 4 is 23.1 Å². The van der Waals surface area contributed by atoms with E-state index < -0.39 is 0 Å². The lowest BCUT2D eigenvalue weighted by Crippen LogP contribution is -2.66. The minimum Gasteiger partial charge on any atom is -0.319 e. The smallest absolute Gasteiger partial charge is 0.319 e. The average Bonchev–Trinajstić information content (AvgIpc) is 2.78. The Morgan fingerprint density at radius 1 is 0.850 bits per heavy atom. The molecule has 0 spiro atoms. The van der Waals surface area contributed by atoms with Crippen molar-refractivity contribution in [1.82, 2.24) is 9.62 Å². The summed E-state index contributed by atoms with van der Waals surface area (Å²) >= 11 is 1.75. The van der Waals surface area contributed by atoms with Crippen molar-refractivity contribution in [1.29, 1.82) is 0 Å². The third kappa shape index (κ3) is 4.09. The Labute approximate surface area is 130 Å². The number of hydrogen-bond acceptors (Lipinski definition) is 3. The van der Waals surface area contributed by atoms with E-state index in [2.05, 4.69) is 76.5 Å². The zero-order valence-corrected chi connectivity index (χ0v) is 15.2. The standard InChI is InChI=1S/C16H30BN2S/c1-12(2)18(13(3)4)17(16-10-9-11-20-16)19(14(5)6)15(7)8/h9-10,12-15H,1-8H3. The first kappa shape index (κ1) is 17.7. The maximum Gasteiger partial charge on any atom is 0.357 e. The summed E-state index contributed by atoms with van der Waals surface area (Å²) in [7, 11) is 0. The third-order valence-corrected chi connectivity index (χ3v) is 4.53. The average molecular weight is 293 g/mol. The highest BCUT2D eigenvalue weighted by atomic mass is 32.1. The lowest BCUT2D eigenvalue weighted by atomic mass is 9.65. The third-order valence-electron chi connectivity index (χ3n) is 3.70. The van der Waals surface area contributed by atoms with Crippen LogP contribution in [0.4, 0.5) is 0 Å². The van der Waals surface area contributed by atoms with E-state index in [1.165, 1.54) is 4.78 Å². The second-order valence-corrected chi connectivity index (χ2v) is 7.51. The van der Waals surface area contributed by atoms with Crippen LogP contribution < -0.4 is 4.78 Å². The molecule has 0 atom stereocenters. The first-order valence-electron chi connectivity index (χ1n) is 7.78. The normalized spacial score (nSPS) is 12.7. The summed E-state index contributed by atoms with van der Waals surface area (Å²) in [4.78, 5) is 5.22. The van der Waals surface area contributed by atoms with E-state index in [0.29, 0.717) is 31.1 Å². The zero-order valence-electron chi connectivity index (χ0n) is 14.3. The van der Waals surface area contributed by atoms with Gasteiger partial charge in [0, 0.05) is 10.2 Å². The molecular formula is C16H30BN2S. The van der Waals surface area contributed by atoms with Gasteiger partial charge in [-0.15, -0.1) is 11.3 Å². The van der Waals surface area contributed by atoms with Gasteiger partial charge in [0.25, 0.3) is 0 Å². The minimum absolute atomic E-state index is 0.339. The molecule has 20 heavy (non-hydrogen) atoms. The fraction of sp³-hybridized carbons (Fsp3) is 0.750. The van der Waals surface area contributed by atoms with Crippen molar-refractivity contribution in [3.05, 3.63) is 17.5 Å². The van der Waals surface area contributed by atoms with Crippen molar-refractivity contribution in [2.75, 3.05) is 0 Å². The predicted molar refractivity (Wildman–Crippen MR) is 92.8 cm³/mol. The van der Waals surface area contributed by atoms with Crippen molar-refractivity contribution in [2.24, 2.45) is 0 Å². The first-order chi connectivity index (χ1) is 9.27. The Morgan fingerprint density at radius 2 is 1.25 bits per heavy atom. The molecule has 0 aliphatic rings. The van der Waals surface area contributed by atoms with Crippen LogP contribution in [0.5, 0.6) is 0 Å². The van der Waals surface area contributed by atoms with E-state index in [1.54, 1.807) is 11.3 Å². The predicted octanol–water partition coefficient (Wildman–Crippen LogP) is 3.48. The Kier molecular flexibility index (Phi) is 6.76. The van der Waals surface area contributed by atoms with Crippen LogP contribution in [0, 0.1) is 5.38 Å². The molecule has 0 N–H and O–H groups in total. The maximum atomic E-state index is 3.26. The minimum atomic E-state index is 0.339. The monoisotopic (exact) mass is 293 g/mol. The van der Waals surface area contributed by atoms with Gasteiger partial charge in [-0.25, -0.2) is 0 Å². The Balaban J connectivity index is 3.26. The highest BCUT2D eigenvalue weighted by Gasteiger charge is 2.38. The number of thiophene rings is 1. The van der Waals surface area contributed by atoms with E-state index in [1.807, 2.05) is 6.07 Å². The molecular weight excluding hydrogens is 263 g/mol. The molecule has 0 bridgehead atoms. The van der Waals surface area contributed by atoms with Gasteiger partial charge in [0.2, 0.25) is 0 Å². The van der Waals surface area contributed by atoms with Gasteiger partial charge in [0.15, 0.2) is 0 Å². The molecule has 0 aliphatic heterocycles. The van der Waals surface area contributed by atoms with Crippen LogP contribution in [0.2, 0.25) is 0 Å². The molecule has 1 rings (SSSR count). The van der Waals surface area contributed by atoms with Gasteiger partial charge < -0.3 is 9.62 Å². The van der Waals surface area contributed by atoms with Crippen molar-refractivity contribution in [3.63, 3.8) is 0 Å². The Hall–Kier alpha value is -0.315. The van der Waals surface area contributed by atoms with Gasteiger partial charge >= 0.3 is 6.98 Å². The quantitative estimate of drug-likeness (QED) is 0.710. The summed E-state index contributed by atoms with van der Waals surface area (Å²) in [5.41, 5.74) is 0. The van der Waals surface area contributed by atoms with E-state index >= 15 is 0 Å². The summed E-state index contributed by atoms with van der Waals surface area (Å²) in [6.07, 6.45) is 0. The lowest BCUT2D eigenvalue weighted by molar-refractivity contribution is 0.228. The zero-order chi connectivity index (χ0) is 15.4. The largest absolute Gasteiger partial charge is 0.357 e. The van der Waals surface area contributed by atoms with Crippen LogP contribution >= 0.6 is 11.3 Å². The summed E-state index contributed by atoms with van der Waals surface area (Å²) in [6, 6.07) is 6.34. The van der Waals surface area contributed by atoms with Gasteiger partial charge in [-0.3, -0.25) is 0 Å². The maximum absolute atomic E-state index is 3.26. The van der Waals surface area contributed by atoms with Gasteiger partial charge in [-0.05, 0) is 30.2 Å². The SMILES string of the molecule is CC(C)N(B(c1cc[c]s1)N(C(C)C)C(C)C)C(C)C. The summed E-state index contributed by atoms with van der Waals surface area (Å²) in [5, 5.41) is 3.26. The molecule has 0 unspecified atom stereocenters. The molecule has 1 heterocycles. The Morgan fingerprint density at radius 3 is 1.50 bits per heavy atom. The molecule has 1 aromatic heterocycles. The van der Waals surface area contributed by atoms with E-state index in [4.69, 9.17) is 0 Å². The molecule has 0 amide bonds. The lowest BCUT2D eigenvalue weighted by Gasteiger charge is -2.45. The van der Waals surface area contributed by atoms with E-state index in [-0.39, 0.29) is 0 Å². The fourth-order valence-electron chi connectivity index (χ4n) is 3.16. The van der Waals surface area contributed by atoms with Crippen LogP contribution in [-0.4, -0.2) is 40.8 Å². The molecule has 4 heteroatoms. The molecule has 0 saturated carbocycles. The summed E-state index contributed by atoms with van der Waals surface area (Å²) < 4.78 is 1.40. The summed E-state index contributed by atoms with van der Waals surface area (Å²) in [6.45, 7) is 18.7. The Bertz CT molecular complexity index is 338. The second-order valence-electron chi connectivity index (χ2n) is 6.60. The van der Waals surface area contributed by atoms with Crippen LogP contribution in [0.1, 0.15) is 55.4 Å². The van der Waals surface area contributed by atoms with Gasteiger partial charge in [0.1, 0.15) is 0 Å². The van der Waals surface area contributed by atoms with E-state index in [0.717, 1.165) is 0 Å². The van der Waals surface area contributed by atoms with Gasteiger partial charge in [0.05, 0.1) is 0 Å². The van der Waals surface area contributed by atoms with Crippen molar-refractivity contribution in [3.8, 4) is 0 Å². The molecule has 0 aliphatic carbocycles.